The predicted molar refractivity (Wildman–Crippen MR) is 144 cm³/mol. The number of halogens is 1. The average Bonchev–Trinajstić information content (AvgIpc) is 3.61. The quantitative estimate of drug-likeness (QED) is 0.317. The first-order valence-electron chi connectivity index (χ1n) is 11.6. The van der Waals surface area contributed by atoms with Crippen molar-refractivity contribution in [3.05, 3.63) is 58.2 Å². The topological polar surface area (TPSA) is 88.4 Å². The number of thiophene rings is 1. The van der Waals surface area contributed by atoms with Gasteiger partial charge >= 0.3 is 0 Å². The van der Waals surface area contributed by atoms with Gasteiger partial charge in [-0.15, -0.1) is 11.3 Å². The highest BCUT2D eigenvalue weighted by molar-refractivity contribution is 7.91. The lowest BCUT2D eigenvalue weighted by molar-refractivity contribution is -0.123. The number of sulfonamides is 1. The fourth-order valence-electron chi connectivity index (χ4n) is 4.54. The van der Waals surface area contributed by atoms with E-state index in [1.54, 1.807) is 21.8 Å². The summed E-state index contributed by atoms with van der Waals surface area (Å²) in [4.78, 5) is 20.4. The molecule has 0 spiro atoms. The van der Waals surface area contributed by atoms with Crippen molar-refractivity contribution in [1.29, 1.82) is 0 Å². The Morgan fingerprint density at radius 1 is 1.19 bits per heavy atom. The van der Waals surface area contributed by atoms with E-state index in [0.29, 0.717) is 48.5 Å². The molecule has 1 amide bonds. The van der Waals surface area contributed by atoms with Crippen molar-refractivity contribution in [2.75, 3.05) is 24.5 Å². The SMILES string of the molecule is Cc1cc(C)c2nc(N(CCn3cccn3)C(=O)C3CCN(S(=O)(=O)c4ccc(Cl)s4)CC3)sc2c1. The summed E-state index contributed by atoms with van der Waals surface area (Å²) in [5, 5.41) is 4.94. The van der Waals surface area contributed by atoms with Crippen LogP contribution in [0, 0.1) is 19.8 Å². The molecule has 0 atom stereocenters. The first-order chi connectivity index (χ1) is 17.2. The van der Waals surface area contributed by atoms with E-state index in [0.717, 1.165) is 32.7 Å². The molecule has 36 heavy (non-hydrogen) atoms. The van der Waals surface area contributed by atoms with Crippen molar-refractivity contribution in [1.82, 2.24) is 19.1 Å². The van der Waals surface area contributed by atoms with Gasteiger partial charge < -0.3 is 0 Å². The molecule has 1 aliphatic rings. The van der Waals surface area contributed by atoms with Crippen molar-refractivity contribution >= 4 is 65.6 Å². The fraction of sp³-hybridized carbons (Fsp3) is 0.375. The smallest absolute Gasteiger partial charge is 0.252 e. The predicted octanol–water partition coefficient (Wildman–Crippen LogP) is 4.96. The third-order valence-corrected chi connectivity index (χ3v) is 11.0. The number of carbonyl (C=O) groups is 1. The van der Waals surface area contributed by atoms with Gasteiger partial charge in [0.15, 0.2) is 5.13 Å². The second kappa shape index (κ2) is 10.2. The van der Waals surface area contributed by atoms with Crippen LogP contribution in [0.1, 0.15) is 24.0 Å². The lowest BCUT2D eigenvalue weighted by atomic mass is 9.96. The molecule has 0 saturated carbocycles. The maximum absolute atomic E-state index is 13.8. The van der Waals surface area contributed by atoms with Crippen LogP contribution >= 0.6 is 34.3 Å². The number of rotatable bonds is 7. The van der Waals surface area contributed by atoms with Crippen LogP contribution in [0.2, 0.25) is 4.34 Å². The molecular weight excluding hydrogens is 538 g/mol. The van der Waals surface area contributed by atoms with Gasteiger partial charge in [0, 0.05) is 37.9 Å². The molecule has 0 aliphatic carbocycles. The van der Waals surface area contributed by atoms with Crippen LogP contribution in [0.5, 0.6) is 0 Å². The first kappa shape index (κ1) is 25.3. The Bertz CT molecular complexity index is 1490. The third kappa shape index (κ3) is 5.08. The molecule has 0 radical (unpaired) electrons. The zero-order valence-corrected chi connectivity index (χ0v) is 23.1. The molecule has 0 unspecified atom stereocenters. The minimum absolute atomic E-state index is 0.0215. The van der Waals surface area contributed by atoms with Crippen molar-refractivity contribution in [3.63, 3.8) is 0 Å². The maximum atomic E-state index is 13.8. The normalized spacial score (nSPS) is 15.5. The number of anilines is 1. The highest BCUT2D eigenvalue weighted by Gasteiger charge is 2.35. The molecule has 1 fully saturated rings. The van der Waals surface area contributed by atoms with E-state index in [2.05, 4.69) is 24.2 Å². The summed E-state index contributed by atoms with van der Waals surface area (Å²) in [5.74, 6) is -0.303. The second-order valence-electron chi connectivity index (χ2n) is 8.92. The van der Waals surface area contributed by atoms with Gasteiger partial charge in [0.05, 0.1) is 21.1 Å². The first-order valence-corrected chi connectivity index (χ1v) is 15.1. The number of nitrogens with zero attached hydrogens (tertiary/aromatic N) is 5. The highest BCUT2D eigenvalue weighted by Crippen LogP contribution is 2.35. The molecule has 8 nitrogen and oxygen atoms in total. The number of benzene rings is 1. The monoisotopic (exact) mass is 563 g/mol. The average molecular weight is 564 g/mol. The van der Waals surface area contributed by atoms with E-state index in [-0.39, 0.29) is 16.0 Å². The summed E-state index contributed by atoms with van der Waals surface area (Å²) in [5.41, 5.74) is 3.15. The van der Waals surface area contributed by atoms with Crippen molar-refractivity contribution in [2.45, 2.75) is 37.4 Å². The molecule has 0 bridgehead atoms. The zero-order chi connectivity index (χ0) is 25.4. The number of piperidine rings is 1. The van der Waals surface area contributed by atoms with Crippen molar-refractivity contribution in [2.24, 2.45) is 5.92 Å². The lowest BCUT2D eigenvalue weighted by Gasteiger charge is -2.32. The van der Waals surface area contributed by atoms with Gasteiger partial charge in [-0.3, -0.25) is 14.4 Å². The molecule has 3 aromatic heterocycles. The van der Waals surface area contributed by atoms with E-state index >= 15 is 0 Å². The number of hydrogen-bond donors (Lipinski definition) is 0. The number of aromatic nitrogens is 3. The minimum atomic E-state index is -3.61. The van der Waals surface area contributed by atoms with Crippen LogP contribution in [0.4, 0.5) is 5.13 Å². The lowest BCUT2D eigenvalue weighted by Crippen LogP contribution is -2.45. The molecule has 1 aliphatic heterocycles. The number of hydrogen-bond acceptors (Lipinski definition) is 7. The molecular formula is C24H26ClN5O3S3. The summed E-state index contributed by atoms with van der Waals surface area (Å²) >= 11 is 8.52. The Balaban J connectivity index is 1.36. The van der Waals surface area contributed by atoms with Crippen LogP contribution in [-0.2, 0) is 21.4 Å². The number of aryl methyl sites for hydroxylation is 2. The zero-order valence-electron chi connectivity index (χ0n) is 19.9. The fourth-order valence-corrected chi connectivity index (χ4v) is 8.82. The summed E-state index contributed by atoms with van der Waals surface area (Å²) in [7, 11) is -3.61. The van der Waals surface area contributed by atoms with Crippen LogP contribution in [0.25, 0.3) is 10.2 Å². The molecule has 190 valence electrons. The van der Waals surface area contributed by atoms with E-state index < -0.39 is 10.0 Å². The molecule has 4 heterocycles. The van der Waals surface area contributed by atoms with Crippen LogP contribution in [-0.4, -0.2) is 53.0 Å². The summed E-state index contributed by atoms with van der Waals surface area (Å²) in [6, 6.07) is 9.17. The molecule has 5 rings (SSSR count). The Morgan fingerprint density at radius 3 is 2.64 bits per heavy atom. The Labute approximate surface area is 223 Å². The van der Waals surface area contributed by atoms with Gasteiger partial charge in [0.2, 0.25) is 5.91 Å². The van der Waals surface area contributed by atoms with Gasteiger partial charge in [0.25, 0.3) is 10.0 Å². The second-order valence-corrected chi connectivity index (χ2v) is 13.8. The molecule has 12 heteroatoms. The number of carbonyl (C=O) groups excluding carboxylic acids is 1. The van der Waals surface area contributed by atoms with Crippen molar-refractivity contribution in [3.8, 4) is 0 Å². The molecule has 4 aromatic rings. The van der Waals surface area contributed by atoms with Crippen LogP contribution in [0.15, 0.2) is 46.9 Å². The largest absolute Gasteiger partial charge is 0.286 e. The Hall–Kier alpha value is -2.31. The van der Waals surface area contributed by atoms with Gasteiger partial charge in [-0.1, -0.05) is 29.0 Å². The Morgan fingerprint density at radius 2 is 1.97 bits per heavy atom. The Kier molecular flexibility index (Phi) is 7.19. The standard InChI is InChI=1S/C24H26ClN5O3S3/c1-16-14-17(2)22-19(15-16)34-24(27-22)30(13-12-28-9-3-8-26-28)23(31)18-6-10-29(11-7-18)36(32,33)21-5-4-20(25)35-21/h3-5,8-9,14-15,18H,6-7,10-13H2,1-2H3. The van der Waals surface area contributed by atoms with E-state index in [4.69, 9.17) is 16.6 Å². The van der Waals surface area contributed by atoms with Crippen molar-refractivity contribution < 1.29 is 13.2 Å². The number of thiazole rings is 1. The summed E-state index contributed by atoms with van der Waals surface area (Å²) in [6.07, 6.45) is 4.50. The summed E-state index contributed by atoms with van der Waals surface area (Å²) < 4.78 is 31.0. The third-order valence-electron chi connectivity index (χ3n) is 6.37. The van der Waals surface area contributed by atoms with Gasteiger partial charge in [0.1, 0.15) is 4.21 Å². The maximum Gasteiger partial charge on any atom is 0.252 e. The number of amides is 1. The van der Waals surface area contributed by atoms with Crippen LogP contribution < -0.4 is 4.90 Å². The van der Waals surface area contributed by atoms with Gasteiger partial charge in [-0.2, -0.15) is 9.40 Å². The highest BCUT2D eigenvalue weighted by atomic mass is 35.5. The van der Waals surface area contributed by atoms with E-state index in [1.807, 2.05) is 19.2 Å². The van der Waals surface area contributed by atoms with Gasteiger partial charge in [-0.25, -0.2) is 13.4 Å². The van der Waals surface area contributed by atoms with E-state index in [9.17, 15) is 13.2 Å². The summed E-state index contributed by atoms with van der Waals surface area (Å²) in [6.45, 7) is 5.65. The number of fused-ring (bicyclic) bond motifs is 1. The van der Waals surface area contributed by atoms with Crippen LogP contribution in [0.3, 0.4) is 0 Å². The van der Waals surface area contributed by atoms with E-state index in [1.165, 1.54) is 21.7 Å². The minimum Gasteiger partial charge on any atom is -0.286 e. The molecule has 0 N–H and O–H groups in total. The molecule has 1 aromatic carbocycles. The molecule has 1 saturated heterocycles. The van der Waals surface area contributed by atoms with Gasteiger partial charge in [-0.05, 0) is 62.1 Å².